The van der Waals surface area contributed by atoms with Gasteiger partial charge in [0.25, 0.3) is 0 Å². The Morgan fingerprint density at radius 3 is 2.33 bits per heavy atom. The zero-order chi connectivity index (χ0) is 15.5. The van der Waals surface area contributed by atoms with Crippen LogP contribution >= 0.6 is 0 Å². The van der Waals surface area contributed by atoms with Crippen molar-refractivity contribution in [3.63, 3.8) is 0 Å². The third-order valence-electron chi connectivity index (χ3n) is 3.88. The summed E-state index contributed by atoms with van der Waals surface area (Å²) in [6, 6.07) is 7.60. The van der Waals surface area contributed by atoms with Crippen LogP contribution in [0.2, 0.25) is 0 Å². The molecule has 0 unspecified atom stereocenters. The van der Waals surface area contributed by atoms with E-state index in [1.807, 2.05) is 19.1 Å². The smallest absolute Gasteiger partial charge is 0.245 e. The molecule has 0 saturated carbocycles. The summed E-state index contributed by atoms with van der Waals surface area (Å²) in [5.74, 6) is 0. The van der Waals surface area contributed by atoms with Crippen LogP contribution in [-0.4, -0.2) is 56.4 Å². The number of anilines is 1. The highest BCUT2D eigenvalue weighted by atomic mass is 32.2. The molecule has 1 aliphatic heterocycles. The maximum absolute atomic E-state index is 12.8. The van der Waals surface area contributed by atoms with Crippen molar-refractivity contribution in [2.24, 2.45) is 0 Å². The molecule has 1 N–H and O–H groups in total. The number of para-hydroxylation sites is 1. The molecule has 0 amide bonds. The third-order valence-corrected chi connectivity index (χ3v) is 5.83. The highest BCUT2D eigenvalue weighted by molar-refractivity contribution is 7.89. The fourth-order valence-electron chi connectivity index (χ4n) is 2.63. The number of piperazine rings is 1. The van der Waals surface area contributed by atoms with Gasteiger partial charge in [-0.25, -0.2) is 8.42 Å². The molecule has 118 valence electrons. The number of benzene rings is 1. The maximum Gasteiger partial charge on any atom is 0.245 e. The number of rotatable bonds is 5. The lowest BCUT2D eigenvalue weighted by molar-refractivity contribution is 0.154. The Kier molecular flexibility index (Phi) is 5.24. The largest absolute Gasteiger partial charge is 0.384 e. The molecule has 1 aromatic carbocycles. The van der Waals surface area contributed by atoms with Crippen LogP contribution in [0.5, 0.6) is 0 Å². The second kappa shape index (κ2) is 6.77. The van der Waals surface area contributed by atoms with E-state index in [4.69, 9.17) is 0 Å². The summed E-state index contributed by atoms with van der Waals surface area (Å²) in [5.41, 5.74) is 0.686. The first kappa shape index (κ1) is 16.3. The number of sulfonamides is 1. The molecule has 0 aromatic heterocycles. The second-order valence-corrected chi connectivity index (χ2v) is 7.47. The molecule has 21 heavy (non-hydrogen) atoms. The van der Waals surface area contributed by atoms with Crippen molar-refractivity contribution in [3.8, 4) is 0 Å². The van der Waals surface area contributed by atoms with E-state index >= 15 is 0 Å². The lowest BCUT2D eigenvalue weighted by Gasteiger charge is -2.36. The lowest BCUT2D eigenvalue weighted by Crippen LogP contribution is -2.50. The fraction of sp³-hybridized carbons (Fsp3) is 0.600. The van der Waals surface area contributed by atoms with Crippen molar-refractivity contribution in [1.29, 1.82) is 0 Å². The maximum atomic E-state index is 12.8. The fourth-order valence-corrected chi connectivity index (χ4v) is 4.22. The van der Waals surface area contributed by atoms with Gasteiger partial charge in [0.05, 0.1) is 5.69 Å². The molecule has 1 fully saturated rings. The summed E-state index contributed by atoms with van der Waals surface area (Å²) in [5, 5.41) is 3.13. The van der Waals surface area contributed by atoms with E-state index in [9.17, 15) is 8.42 Å². The van der Waals surface area contributed by atoms with Crippen LogP contribution in [0.25, 0.3) is 0 Å². The Hall–Kier alpha value is -1.11. The zero-order valence-corrected chi connectivity index (χ0v) is 13.9. The number of nitrogens with zero attached hydrogens (tertiary/aromatic N) is 2. The molecular formula is C15H25N3O2S. The van der Waals surface area contributed by atoms with Crippen molar-refractivity contribution in [2.75, 3.05) is 38.0 Å². The van der Waals surface area contributed by atoms with E-state index in [0.717, 1.165) is 13.1 Å². The molecule has 1 aromatic rings. The molecule has 1 aliphatic rings. The van der Waals surface area contributed by atoms with E-state index in [-0.39, 0.29) is 0 Å². The first-order chi connectivity index (χ1) is 9.96. The van der Waals surface area contributed by atoms with Gasteiger partial charge in [0.1, 0.15) is 4.90 Å². The molecule has 0 spiro atoms. The van der Waals surface area contributed by atoms with Crippen molar-refractivity contribution in [1.82, 2.24) is 9.21 Å². The van der Waals surface area contributed by atoms with Crippen LogP contribution in [0.4, 0.5) is 5.69 Å². The normalized spacial score (nSPS) is 18.1. The third kappa shape index (κ3) is 3.56. The predicted molar refractivity (Wildman–Crippen MR) is 86.1 cm³/mol. The molecule has 0 aliphatic carbocycles. The molecule has 6 heteroatoms. The van der Waals surface area contributed by atoms with Crippen molar-refractivity contribution >= 4 is 15.7 Å². The molecule has 1 heterocycles. The second-order valence-electron chi connectivity index (χ2n) is 5.56. The molecular weight excluding hydrogens is 286 g/mol. The van der Waals surface area contributed by atoms with Crippen LogP contribution in [-0.2, 0) is 10.0 Å². The first-order valence-electron chi connectivity index (χ1n) is 7.54. The van der Waals surface area contributed by atoms with Crippen LogP contribution < -0.4 is 5.32 Å². The van der Waals surface area contributed by atoms with Gasteiger partial charge in [-0.2, -0.15) is 4.31 Å². The van der Waals surface area contributed by atoms with Crippen LogP contribution in [0.1, 0.15) is 20.8 Å². The van der Waals surface area contributed by atoms with E-state index in [1.165, 1.54) is 0 Å². The average Bonchev–Trinajstić information content (AvgIpc) is 2.48. The van der Waals surface area contributed by atoms with Gasteiger partial charge in [0, 0.05) is 38.8 Å². The van der Waals surface area contributed by atoms with Crippen molar-refractivity contribution in [3.05, 3.63) is 24.3 Å². The molecule has 0 radical (unpaired) electrons. The zero-order valence-electron chi connectivity index (χ0n) is 13.0. The summed E-state index contributed by atoms with van der Waals surface area (Å²) < 4.78 is 27.3. The summed E-state index contributed by atoms with van der Waals surface area (Å²) in [4.78, 5) is 2.69. The number of hydrogen-bond acceptors (Lipinski definition) is 4. The SMILES string of the molecule is CCNc1ccccc1S(=O)(=O)N1CCN(C(C)C)CC1. The van der Waals surface area contributed by atoms with Gasteiger partial charge >= 0.3 is 0 Å². The Morgan fingerprint density at radius 2 is 1.76 bits per heavy atom. The van der Waals surface area contributed by atoms with Gasteiger partial charge < -0.3 is 5.32 Å². The average molecular weight is 311 g/mol. The van der Waals surface area contributed by atoms with Gasteiger partial charge in [-0.1, -0.05) is 12.1 Å². The molecule has 5 nitrogen and oxygen atoms in total. The van der Waals surface area contributed by atoms with Gasteiger partial charge in [-0.3, -0.25) is 4.90 Å². The van der Waals surface area contributed by atoms with Gasteiger partial charge in [0.2, 0.25) is 10.0 Å². The van der Waals surface area contributed by atoms with Crippen LogP contribution in [0.3, 0.4) is 0 Å². The highest BCUT2D eigenvalue weighted by Crippen LogP contribution is 2.25. The molecule has 2 rings (SSSR count). The van der Waals surface area contributed by atoms with Crippen LogP contribution in [0, 0.1) is 0 Å². The summed E-state index contributed by atoms with van der Waals surface area (Å²) in [6.07, 6.45) is 0. The van der Waals surface area contributed by atoms with Gasteiger partial charge in [-0.05, 0) is 32.9 Å². The van der Waals surface area contributed by atoms with Gasteiger partial charge in [-0.15, -0.1) is 0 Å². The quantitative estimate of drug-likeness (QED) is 0.901. The number of hydrogen-bond donors (Lipinski definition) is 1. The predicted octanol–water partition coefficient (Wildman–Crippen LogP) is 1.83. The van der Waals surface area contributed by atoms with Gasteiger partial charge in [0.15, 0.2) is 0 Å². The van der Waals surface area contributed by atoms with E-state index < -0.39 is 10.0 Å². The molecule has 0 bridgehead atoms. The standard InChI is InChI=1S/C15H25N3O2S/c1-4-16-14-7-5-6-8-15(14)21(19,20)18-11-9-17(10-12-18)13(2)3/h5-8,13,16H,4,9-12H2,1-3H3. The Bertz CT molecular complexity index is 564. The van der Waals surface area contributed by atoms with E-state index in [0.29, 0.717) is 36.3 Å². The summed E-state index contributed by atoms with van der Waals surface area (Å²) in [6.45, 7) is 9.65. The summed E-state index contributed by atoms with van der Waals surface area (Å²) in [7, 11) is -3.42. The Balaban J connectivity index is 2.20. The van der Waals surface area contributed by atoms with E-state index in [1.54, 1.807) is 16.4 Å². The van der Waals surface area contributed by atoms with E-state index in [2.05, 4.69) is 24.1 Å². The molecule has 1 saturated heterocycles. The minimum Gasteiger partial charge on any atom is -0.384 e. The highest BCUT2D eigenvalue weighted by Gasteiger charge is 2.30. The van der Waals surface area contributed by atoms with Crippen LogP contribution in [0.15, 0.2) is 29.2 Å². The van der Waals surface area contributed by atoms with Crippen molar-refractivity contribution in [2.45, 2.75) is 31.7 Å². The first-order valence-corrected chi connectivity index (χ1v) is 8.98. The Labute approximate surface area is 128 Å². The number of nitrogens with one attached hydrogen (secondary N) is 1. The Morgan fingerprint density at radius 1 is 1.14 bits per heavy atom. The minimum atomic E-state index is -3.42. The molecule has 0 atom stereocenters. The topological polar surface area (TPSA) is 52.7 Å². The van der Waals surface area contributed by atoms with Crippen molar-refractivity contribution < 1.29 is 8.42 Å². The minimum absolute atomic E-state index is 0.379. The summed E-state index contributed by atoms with van der Waals surface area (Å²) >= 11 is 0. The monoisotopic (exact) mass is 311 g/mol. The lowest BCUT2D eigenvalue weighted by atomic mass is 10.3.